The minimum Gasteiger partial charge on any atom is -0.389 e. The monoisotopic (exact) mass is 244 g/mol. The number of aromatic nitrogens is 1. The van der Waals surface area contributed by atoms with Crippen LogP contribution in [0, 0.1) is 0 Å². The molecular weight excluding hydrogens is 228 g/mol. The summed E-state index contributed by atoms with van der Waals surface area (Å²) < 4.78 is 4.86. The van der Waals surface area contributed by atoms with Crippen LogP contribution >= 0.6 is 11.6 Å². The first-order valence-corrected chi connectivity index (χ1v) is 5.46. The fraction of sp³-hybridized carbons (Fsp3) is 0.545. The molecule has 0 amide bonds. The normalized spacial score (nSPS) is 13.1. The van der Waals surface area contributed by atoms with Gasteiger partial charge in [-0.1, -0.05) is 17.7 Å². The van der Waals surface area contributed by atoms with Crippen molar-refractivity contribution in [3.05, 3.63) is 29.0 Å². The quantitative estimate of drug-likeness (QED) is 0.764. The molecule has 0 bridgehead atoms. The number of nitrogens with zero attached hydrogens (tertiary/aromatic N) is 2. The summed E-state index contributed by atoms with van der Waals surface area (Å²) in [6, 6.07) is 5.51. The highest BCUT2D eigenvalue weighted by molar-refractivity contribution is 6.29. The average Bonchev–Trinajstić information content (AvgIpc) is 2.17. The minimum absolute atomic E-state index is 0.341. The van der Waals surface area contributed by atoms with Crippen molar-refractivity contribution < 1.29 is 9.84 Å². The van der Waals surface area contributed by atoms with Gasteiger partial charge >= 0.3 is 0 Å². The molecule has 0 aliphatic rings. The van der Waals surface area contributed by atoms with Crippen molar-refractivity contribution in [2.75, 3.05) is 27.3 Å². The number of ether oxygens (including phenoxy) is 1. The van der Waals surface area contributed by atoms with Crippen molar-refractivity contribution in [2.45, 2.75) is 12.6 Å². The predicted octanol–water partition coefficient (Wildman–Crippen LogP) is 1.17. The van der Waals surface area contributed by atoms with E-state index in [2.05, 4.69) is 4.98 Å². The number of aliphatic hydroxyl groups excluding tert-OH is 1. The molecule has 0 saturated heterocycles. The van der Waals surface area contributed by atoms with E-state index in [1.165, 1.54) is 0 Å². The van der Waals surface area contributed by atoms with Crippen molar-refractivity contribution in [1.29, 1.82) is 0 Å². The van der Waals surface area contributed by atoms with Crippen LogP contribution in [-0.4, -0.2) is 48.4 Å². The first-order valence-electron chi connectivity index (χ1n) is 5.09. The minimum atomic E-state index is -0.478. The number of aliphatic hydroxyl groups is 1. The highest BCUT2D eigenvalue weighted by Crippen LogP contribution is 2.07. The van der Waals surface area contributed by atoms with Gasteiger partial charge in [0.1, 0.15) is 5.15 Å². The summed E-state index contributed by atoms with van der Waals surface area (Å²) in [5, 5.41) is 10.0. The molecule has 1 unspecified atom stereocenters. The number of hydrogen-bond donors (Lipinski definition) is 1. The summed E-state index contributed by atoms with van der Waals surface area (Å²) in [5.41, 5.74) is 0.889. The average molecular weight is 245 g/mol. The third kappa shape index (κ3) is 4.90. The summed E-state index contributed by atoms with van der Waals surface area (Å²) in [4.78, 5) is 6.15. The number of rotatable bonds is 6. The Balaban J connectivity index is 2.42. The highest BCUT2D eigenvalue weighted by Gasteiger charge is 2.08. The van der Waals surface area contributed by atoms with Gasteiger partial charge in [-0.05, 0) is 19.2 Å². The first-order chi connectivity index (χ1) is 7.61. The number of methoxy groups -OCH3 is 1. The second-order valence-corrected chi connectivity index (χ2v) is 4.14. The molecule has 0 aromatic carbocycles. The third-order valence-electron chi connectivity index (χ3n) is 2.09. The zero-order valence-electron chi connectivity index (χ0n) is 9.56. The smallest absolute Gasteiger partial charge is 0.129 e. The molecule has 0 radical (unpaired) electrons. The molecule has 0 fully saturated rings. The zero-order valence-corrected chi connectivity index (χ0v) is 10.3. The first kappa shape index (κ1) is 13.4. The van der Waals surface area contributed by atoms with Crippen LogP contribution in [0.5, 0.6) is 0 Å². The van der Waals surface area contributed by atoms with Gasteiger partial charge in [-0.25, -0.2) is 4.98 Å². The predicted molar refractivity (Wildman–Crippen MR) is 63.5 cm³/mol. The number of halogens is 1. The summed E-state index contributed by atoms with van der Waals surface area (Å²) in [5.74, 6) is 0. The second-order valence-electron chi connectivity index (χ2n) is 3.76. The van der Waals surface area contributed by atoms with Crippen molar-refractivity contribution in [3.63, 3.8) is 0 Å². The molecule has 0 saturated carbocycles. The van der Waals surface area contributed by atoms with Crippen molar-refractivity contribution in [1.82, 2.24) is 9.88 Å². The van der Waals surface area contributed by atoms with Crippen LogP contribution in [0.2, 0.25) is 5.15 Å². The van der Waals surface area contributed by atoms with E-state index < -0.39 is 6.10 Å². The standard InChI is InChI=1S/C11H17ClN2O2/c1-14(7-10(15)8-16-2)6-9-4-3-5-11(12)13-9/h3-5,10,15H,6-8H2,1-2H3. The Morgan fingerprint density at radius 1 is 1.56 bits per heavy atom. The molecule has 1 N–H and O–H groups in total. The number of pyridine rings is 1. The molecule has 1 rings (SSSR count). The summed E-state index contributed by atoms with van der Waals surface area (Å²) in [6.45, 7) is 1.54. The maximum atomic E-state index is 9.54. The van der Waals surface area contributed by atoms with Gasteiger partial charge in [0.15, 0.2) is 0 Å². The fourth-order valence-electron chi connectivity index (χ4n) is 1.48. The van der Waals surface area contributed by atoms with Gasteiger partial charge in [0.25, 0.3) is 0 Å². The molecule has 0 aliphatic heterocycles. The van der Waals surface area contributed by atoms with E-state index >= 15 is 0 Å². The van der Waals surface area contributed by atoms with Crippen LogP contribution in [-0.2, 0) is 11.3 Å². The lowest BCUT2D eigenvalue weighted by molar-refractivity contribution is 0.0416. The van der Waals surface area contributed by atoms with E-state index in [-0.39, 0.29) is 0 Å². The zero-order chi connectivity index (χ0) is 12.0. The van der Waals surface area contributed by atoms with Gasteiger partial charge in [0.2, 0.25) is 0 Å². The SMILES string of the molecule is COCC(O)CN(C)Cc1cccc(Cl)n1. The highest BCUT2D eigenvalue weighted by atomic mass is 35.5. The molecule has 1 aromatic rings. The van der Waals surface area contributed by atoms with E-state index in [0.717, 1.165) is 5.69 Å². The van der Waals surface area contributed by atoms with Gasteiger partial charge in [0.05, 0.1) is 18.4 Å². The molecule has 5 heteroatoms. The Labute approximate surface area is 101 Å². The van der Waals surface area contributed by atoms with Crippen LogP contribution in [0.15, 0.2) is 18.2 Å². The van der Waals surface area contributed by atoms with E-state index in [0.29, 0.717) is 24.8 Å². The lowest BCUT2D eigenvalue weighted by Crippen LogP contribution is -2.31. The van der Waals surface area contributed by atoms with Gasteiger partial charge < -0.3 is 9.84 Å². The Morgan fingerprint density at radius 2 is 2.31 bits per heavy atom. The maximum Gasteiger partial charge on any atom is 0.129 e. The molecule has 1 aromatic heterocycles. The van der Waals surface area contributed by atoms with Crippen molar-refractivity contribution in [2.24, 2.45) is 0 Å². The van der Waals surface area contributed by atoms with Gasteiger partial charge in [0, 0.05) is 20.2 Å². The fourth-order valence-corrected chi connectivity index (χ4v) is 1.67. The summed E-state index contributed by atoms with van der Waals surface area (Å²) >= 11 is 5.78. The van der Waals surface area contributed by atoms with E-state index in [4.69, 9.17) is 16.3 Å². The van der Waals surface area contributed by atoms with Crippen LogP contribution < -0.4 is 0 Å². The summed E-state index contributed by atoms with van der Waals surface area (Å²) in [7, 11) is 3.49. The van der Waals surface area contributed by atoms with Crippen LogP contribution in [0.1, 0.15) is 5.69 Å². The van der Waals surface area contributed by atoms with Crippen LogP contribution in [0.25, 0.3) is 0 Å². The lowest BCUT2D eigenvalue weighted by Gasteiger charge is -2.19. The molecular formula is C11H17ClN2O2. The van der Waals surface area contributed by atoms with E-state index in [1.807, 2.05) is 24.1 Å². The molecule has 1 atom stereocenters. The lowest BCUT2D eigenvalue weighted by atomic mass is 10.3. The van der Waals surface area contributed by atoms with Gasteiger partial charge in [-0.15, -0.1) is 0 Å². The van der Waals surface area contributed by atoms with Crippen LogP contribution in [0.3, 0.4) is 0 Å². The maximum absolute atomic E-state index is 9.54. The molecule has 0 aliphatic carbocycles. The largest absolute Gasteiger partial charge is 0.389 e. The molecule has 90 valence electrons. The Kier molecular flexibility index (Phi) is 5.69. The van der Waals surface area contributed by atoms with Gasteiger partial charge in [-0.3, -0.25) is 4.90 Å². The third-order valence-corrected chi connectivity index (χ3v) is 2.30. The molecule has 1 heterocycles. The Hall–Kier alpha value is -0.680. The topological polar surface area (TPSA) is 45.6 Å². The molecule has 16 heavy (non-hydrogen) atoms. The molecule has 0 spiro atoms. The van der Waals surface area contributed by atoms with Crippen LogP contribution in [0.4, 0.5) is 0 Å². The van der Waals surface area contributed by atoms with Gasteiger partial charge in [-0.2, -0.15) is 0 Å². The van der Waals surface area contributed by atoms with E-state index in [9.17, 15) is 5.11 Å². The number of likely N-dealkylation sites (N-methyl/N-ethyl adjacent to an activating group) is 1. The number of hydrogen-bond acceptors (Lipinski definition) is 4. The van der Waals surface area contributed by atoms with Crippen molar-refractivity contribution >= 4 is 11.6 Å². The second kappa shape index (κ2) is 6.81. The summed E-state index contributed by atoms with van der Waals surface area (Å²) in [6.07, 6.45) is -0.478. The van der Waals surface area contributed by atoms with E-state index in [1.54, 1.807) is 13.2 Å². The van der Waals surface area contributed by atoms with Crippen molar-refractivity contribution in [3.8, 4) is 0 Å². The molecule has 4 nitrogen and oxygen atoms in total. The Bertz CT molecular complexity index is 323. The Morgan fingerprint density at radius 3 is 2.94 bits per heavy atom.